The van der Waals surface area contributed by atoms with Gasteiger partial charge < -0.3 is 24.9 Å². The fraction of sp³-hybridized carbons (Fsp3) is 1.00. The molecular weight excluding hydrogens is 186 g/mol. The predicted molar refractivity (Wildman–Crippen MR) is 35.7 cm³/mol. The van der Waals surface area contributed by atoms with Gasteiger partial charge in [0.2, 0.25) is 0 Å². The summed E-state index contributed by atoms with van der Waals surface area (Å²) in [6.07, 6.45) is 0. The van der Waals surface area contributed by atoms with E-state index in [0.717, 1.165) is 0 Å². The van der Waals surface area contributed by atoms with Gasteiger partial charge in [0.1, 0.15) is 0 Å². The Morgan fingerprint density at radius 2 is 1.10 bits per heavy atom. The van der Waals surface area contributed by atoms with Crippen molar-refractivity contribution in [2.24, 2.45) is 0 Å². The molecule has 5 N–H and O–H groups in total. The van der Waals surface area contributed by atoms with Crippen molar-refractivity contribution in [3.8, 4) is 0 Å². The maximum absolute atomic E-state index is 8.88. The average molecular weight is 197 g/mol. The summed E-state index contributed by atoms with van der Waals surface area (Å²) >= 11 is 0. The zero-order valence-electron chi connectivity index (χ0n) is 4.91. The smallest absolute Gasteiger partial charge is 0.394 e. The summed E-state index contributed by atoms with van der Waals surface area (Å²) in [7, 11) is -4.64. The summed E-state index contributed by atoms with van der Waals surface area (Å²) in [5.74, 6) is 0. The van der Waals surface area contributed by atoms with Crippen molar-refractivity contribution in [1.29, 1.82) is 0 Å². The molecule has 0 aromatic carbocycles. The van der Waals surface area contributed by atoms with Crippen LogP contribution in [-0.4, -0.2) is 38.1 Å². The molecule has 0 aliphatic rings. The van der Waals surface area contributed by atoms with Crippen LogP contribution >= 0.6 is 20.2 Å². The van der Waals surface area contributed by atoms with Crippen LogP contribution in [0.3, 0.4) is 0 Å². The van der Waals surface area contributed by atoms with Crippen LogP contribution in [0, 0.1) is 0 Å². The standard InChI is InChI=1S/C2H6O2.ClH.H3O4P/c3-1-2-4;;1-5(2,3)4/h3-4H,1-2H2;1H;(H3,1,2,3,4). The van der Waals surface area contributed by atoms with Crippen LogP contribution in [0.5, 0.6) is 0 Å². The first-order valence-electron chi connectivity index (χ1n) is 1.92. The lowest BCUT2D eigenvalue weighted by Gasteiger charge is -1.82. The van der Waals surface area contributed by atoms with E-state index in [4.69, 9.17) is 29.5 Å². The van der Waals surface area contributed by atoms with Gasteiger partial charge in [-0.2, -0.15) is 0 Å². The summed E-state index contributed by atoms with van der Waals surface area (Å²) in [5, 5.41) is 15.2. The first-order chi connectivity index (χ1) is 3.91. The Bertz CT molecular complexity index is 79.5. The Labute approximate surface area is 63.8 Å². The van der Waals surface area contributed by atoms with E-state index in [0.29, 0.717) is 0 Å². The Morgan fingerprint density at radius 1 is 1.00 bits per heavy atom. The maximum Gasteiger partial charge on any atom is 0.466 e. The lowest BCUT2D eigenvalue weighted by atomic mass is 10.8. The van der Waals surface area contributed by atoms with Crippen LogP contribution in [0.15, 0.2) is 0 Å². The zero-order chi connectivity index (χ0) is 7.91. The molecule has 0 aliphatic heterocycles. The number of aliphatic hydroxyl groups is 2. The summed E-state index contributed by atoms with van der Waals surface area (Å²) < 4.78 is 8.88. The fourth-order valence-corrected chi connectivity index (χ4v) is 0. The van der Waals surface area contributed by atoms with Gasteiger partial charge in [-0.05, 0) is 0 Å². The first kappa shape index (κ1) is 16.7. The van der Waals surface area contributed by atoms with Crippen molar-refractivity contribution in [3.63, 3.8) is 0 Å². The van der Waals surface area contributed by atoms with Crippen molar-refractivity contribution in [2.45, 2.75) is 0 Å². The van der Waals surface area contributed by atoms with Crippen molar-refractivity contribution in [3.05, 3.63) is 0 Å². The predicted octanol–water partition coefficient (Wildman–Crippen LogP) is -1.54. The van der Waals surface area contributed by atoms with E-state index < -0.39 is 7.82 Å². The third-order valence-electron chi connectivity index (χ3n) is 0.1000. The largest absolute Gasteiger partial charge is 0.466 e. The molecule has 6 nitrogen and oxygen atoms in total. The third kappa shape index (κ3) is 256. The molecular formula is C2H10ClO6P. The number of aliphatic hydroxyl groups excluding tert-OH is 2. The van der Waals surface area contributed by atoms with Crippen molar-refractivity contribution >= 4 is 20.2 Å². The Hall–Kier alpha value is 0.320. The van der Waals surface area contributed by atoms with E-state index in [-0.39, 0.29) is 25.6 Å². The molecule has 0 amide bonds. The second kappa shape index (κ2) is 9.32. The number of phosphoric acid groups is 1. The Kier molecular flexibility index (Phi) is 15.6. The van der Waals surface area contributed by atoms with Crippen LogP contribution in [0.2, 0.25) is 0 Å². The van der Waals surface area contributed by atoms with Crippen LogP contribution in [-0.2, 0) is 4.57 Å². The highest BCUT2D eigenvalue weighted by Gasteiger charge is 2.00. The van der Waals surface area contributed by atoms with Crippen molar-refractivity contribution < 1.29 is 29.5 Å². The minimum Gasteiger partial charge on any atom is -0.394 e. The second-order valence-electron chi connectivity index (χ2n) is 0.960. The van der Waals surface area contributed by atoms with E-state index in [2.05, 4.69) is 0 Å². The van der Waals surface area contributed by atoms with Crippen molar-refractivity contribution in [2.75, 3.05) is 13.2 Å². The number of halogens is 1. The van der Waals surface area contributed by atoms with Gasteiger partial charge >= 0.3 is 7.82 Å². The third-order valence-corrected chi connectivity index (χ3v) is 0.1000. The Morgan fingerprint density at radius 3 is 1.10 bits per heavy atom. The minimum absolute atomic E-state index is 0. The van der Waals surface area contributed by atoms with E-state index in [9.17, 15) is 0 Å². The fourth-order valence-electron chi connectivity index (χ4n) is 0. The van der Waals surface area contributed by atoms with Gasteiger partial charge in [-0.1, -0.05) is 0 Å². The highest BCUT2D eigenvalue weighted by molar-refractivity contribution is 7.45. The quantitative estimate of drug-likeness (QED) is 0.325. The van der Waals surface area contributed by atoms with Gasteiger partial charge in [-0.25, -0.2) is 4.57 Å². The lowest BCUT2D eigenvalue weighted by molar-refractivity contribution is 0.186. The van der Waals surface area contributed by atoms with E-state index in [1.165, 1.54) is 0 Å². The molecule has 0 aromatic heterocycles. The summed E-state index contributed by atoms with van der Waals surface area (Å²) in [5.41, 5.74) is 0. The highest BCUT2D eigenvalue weighted by atomic mass is 35.5. The van der Waals surface area contributed by atoms with Crippen LogP contribution in [0.1, 0.15) is 0 Å². The van der Waals surface area contributed by atoms with Gasteiger partial charge in [0.25, 0.3) is 0 Å². The molecule has 0 rings (SSSR count). The molecule has 0 spiro atoms. The molecule has 0 saturated heterocycles. The van der Waals surface area contributed by atoms with E-state index >= 15 is 0 Å². The van der Waals surface area contributed by atoms with E-state index in [1.54, 1.807) is 0 Å². The molecule has 0 saturated carbocycles. The normalized spacial score (nSPS) is 8.90. The topological polar surface area (TPSA) is 118 Å². The molecule has 0 aromatic rings. The number of hydrogen-bond acceptors (Lipinski definition) is 3. The van der Waals surface area contributed by atoms with Crippen molar-refractivity contribution in [1.82, 2.24) is 0 Å². The second-order valence-corrected chi connectivity index (χ2v) is 1.99. The summed E-state index contributed by atoms with van der Waals surface area (Å²) in [4.78, 5) is 21.6. The van der Waals surface area contributed by atoms with Gasteiger partial charge in [0.05, 0.1) is 13.2 Å². The zero-order valence-corrected chi connectivity index (χ0v) is 6.62. The summed E-state index contributed by atoms with van der Waals surface area (Å²) in [6, 6.07) is 0. The summed E-state index contributed by atoms with van der Waals surface area (Å²) in [6.45, 7) is -0.250. The monoisotopic (exact) mass is 196 g/mol. The lowest BCUT2D eigenvalue weighted by Crippen LogP contribution is -1.85. The molecule has 0 radical (unpaired) electrons. The van der Waals surface area contributed by atoms with Gasteiger partial charge in [-0.3, -0.25) is 0 Å². The first-order valence-corrected chi connectivity index (χ1v) is 3.48. The Balaban J connectivity index is -0.0000000910. The molecule has 0 bridgehead atoms. The molecule has 0 heterocycles. The molecule has 0 aliphatic carbocycles. The maximum atomic E-state index is 8.88. The minimum atomic E-state index is -4.64. The van der Waals surface area contributed by atoms with Crippen LogP contribution in [0.25, 0.3) is 0 Å². The highest BCUT2D eigenvalue weighted by Crippen LogP contribution is 2.25. The molecule has 10 heavy (non-hydrogen) atoms. The molecule has 0 atom stereocenters. The SMILES string of the molecule is Cl.O=P(O)(O)O.OCCO. The molecule has 0 fully saturated rings. The van der Waals surface area contributed by atoms with Gasteiger partial charge in [-0.15, -0.1) is 12.4 Å². The van der Waals surface area contributed by atoms with Crippen LogP contribution in [0.4, 0.5) is 0 Å². The average Bonchev–Trinajstić information content (AvgIpc) is 1.61. The number of hydrogen-bond donors (Lipinski definition) is 5. The van der Waals surface area contributed by atoms with Gasteiger partial charge in [0, 0.05) is 0 Å². The number of rotatable bonds is 1. The van der Waals surface area contributed by atoms with Gasteiger partial charge in [0.15, 0.2) is 0 Å². The van der Waals surface area contributed by atoms with Crippen LogP contribution < -0.4 is 0 Å². The molecule has 8 heteroatoms. The van der Waals surface area contributed by atoms with E-state index in [1.807, 2.05) is 0 Å². The molecule has 66 valence electrons. The molecule has 0 unspecified atom stereocenters.